The summed E-state index contributed by atoms with van der Waals surface area (Å²) in [5, 5.41) is 13.2. The Bertz CT molecular complexity index is 1450. The van der Waals surface area contributed by atoms with E-state index in [0.717, 1.165) is 12.1 Å². The maximum atomic E-state index is 14.9. The maximum absolute atomic E-state index is 14.9. The van der Waals surface area contributed by atoms with Crippen molar-refractivity contribution < 1.29 is 28.9 Å². The van der Waals surface area contributed by atoms with E-state index in [9.17, 15) is 14.7 Å². The Morgan fingerprint density at radius 1 is 1.12 bits per heavy atom. The first-order chi connectivity index (χ1) is 19.2. The molecule has 2 aromatic rings. The zero-order valence-corrected chi connectivity index (χ0v) is 24.9. The van der Waals surface area contributed by atoms with Gasteiger partial charge >= 0.3 is 5.97 Å². The van der Waals surface area contributed by atoms with Crippen LogP contribution in [0.4, 0.5) is 0 Å². The van der Waals surface area contributed by atoms with Crippen LogP contribution in [0.3, 0.4) is 0 Å². The molecule has 1 aromatic carbocycles. The molecule has 41 heavy (non-hydrogen) atoms. The fourth-order valence-corrected chi connectivity index (χ4v) is 7.77. The van der Waals surface area contributed by atoms with Gasteiger partial charge in [0, 0.05) is 11.6 Å². The summed E-state index contributed by atoms with van der Waals surface area (Å²) in [6.45, 7) is 14.1. The van der Waals surface area contributed by atoms with Gasteiger partial charge in [-0.1, -0.05) is 58.0 Å². The highest BCUT2D eigenvalue weighted by atomic mass is 16.7. The number of benzene rings is 1. The molecule has 2 unspecified atom stereocenters. The molecule has 2 bridgehead atoms. The Labute approximate surface area is 241 Å². The molecule has 8 heteroatoms. The summed E-state index contributed by atoms with van der Waals surface area (Å²) >= 11 is 0. The van der Waals surface area contributed by atoms with E-state index in [1.165, 1.54) is 6.20 Å². The van der Waals surface area contributed by atoms with Gasteiger partial charge in [-0.05, 0) is 67.7 Å². The van der Waals surface area contributed by atoms with E-state index in [1.807, 2.05) is 56.3 Å². The molecule has 0 radical (unpaired) electrons. The van der Waals surface area contributed by atoms with Crippen LogP contribution in [0.5, 0.6) is 0 Å². The molecule has 218 valence electrons. The van der Waals surface area contributed by atoms with E-state index >= 15 is 0 Å². The number of rotatable bonds is 3. The minimum atomic E-state index is -1.89. The van der Waals surface area contributed by atoms with Crippen molar-refractivity contribution in [3.63, 3.8) is 0 Å². The second kappa shape index (κ2) is 9.21. The summed E-state index contributed by atoms with van der Waals surface area (Å²) in [5.41, 5.74) is -1.27. The van der Waals surface area contributed by atoms with Gasteiger partial charge in [0.15, 0.2) is 29.0 Å². The molecule has 0 amide bonds. The van der Waals surface area contributed by atoms with Gasteiger partial charge in [-0.25, -0.2) is 9.78 Å². The van der Waals surface area contributed by atoms with Crippen molar-refractivity contribution in [2.24, 2.45) is 28.6 Å². The molecule has 4 aliphatic rings. The number of allylic oxidation sites excluding steroid dienone is 1. The minimum Gasteiger partial charge on any atom is -0.450 e. The lowest BCUT2D eigenvalue weighted by Gasteiger charge is -2.52. The summed E-state index contributed by atoms with van der Waals surface area (Å²) < 4.78 is 20.5. The first-order valence-electron chi connectivity index (χ1n) is 14.5. The average Bonchev–Trinajstić information content (AvgIpc) is 3.47. The number of para-hydroxylation sites is 1. The molecule has 1 saturated heterocycles. The Kier molecular flexibility index (Phi) is 6.31. The number of ether oxygens (including phenoxy) is 3. The number of ketones is 1. The van der Waals surface area contributed by atoms with Gasteiger partial charge in [-0.2, -0.15) is 0 Å². The standard InChI is InChI=1S/C33H40N2O6/c1-19-15-32-21(3)13-20(2)30(4,5)24(26(32)36)14-22-17-39-31(6,7)41-28(22)33(32,38)27(19)40-29(37)25-16-34-18-35(25)23-11-9-8-10-12-23/h8-12,14-16,18,20-21,24,27-28,38H,13,17H2,1-7H3/t20-,21?,24+,27-,28+,32?,33+/m0/s1. The number of esters is 1. The number of Topliss-reactive ketones (excluding diaryl/α,β-unsaturated/α-hetero) is 1. The van der Waals surface area contributed by atoms with Crippen LogP contribution in [0.15, 0.2) is 66.2 Å². The second-order valence-electron chi connectivity index (χ2n) is 13.5. The number of nitrogens with zero attached hydrogens (tertiary/aromatic N) is 2. The van der Waals surface area contributed by atoms with Crippen LogP contribution in [-0.4, -0.2) is 56.6 Å². The number of hydrogen-bond donors (Lipinski definition) is 1. The number of carbonyl (C=O) groups is 2. The van der Waals surface area contributed by atoms with Crippen molar-refractivity contribution in [1.82, 2.24) is 9.55 Å². The van der Waals surface area contributed by atoms with Gasteiger partial charge in [0.05, 0.1) is 24.5 Å². The number of aliphatic hydroxyl groups is 1. The largest absolute Gasteiger partial charge is 0.450 e. The first-order valence-corrected chi connectivity index (χ1v) is 14.5. The summed E-state index contributed by atoms with van der Waals surface area (Å²) in [6, 6.07) is 9.39. The number of fused-ring (bicyclic) bond motifs is 3. The van der Waals surface area contributed by atoms with Gasteiger partial charge in [0.1, 0.15) is 6.10 Å². The van der Waals surface area contributed by atoms with Crippen molar-refractivity contribution >= 4 is 11.8 Å². The normalized spacial score (nSPS) is 37.2. The highest BCUT2D eigenvalue weighted by molar-refractivity contribution is 5.95. The van der Waals surface area contributed by atoms with Crippen molar-refractivity contribution in [1.29, 1.82) is 0 Å². The zero-order valence-electron chi connectivity index (χ0n) is 24.9. The molecule has 6 rings (SSSR count). The van der Waals surface area contributed by atoms with Crippen molar-refractivity contribution in [2.45, 2.75) is 78.5 Å². The van der Waals surface area contributed by atoms with Crippen LogP contribution in [-0.2, 0) is 19.0 Å². The van der Waals surface area contributed by atoms with Crippen LogP contribution in [0.2, 0.25) is 0 Å². The predicted molar refractivity (Wildman–Crippen MR) is 152 cm³/mol. The molecule has 7 atom stereocenters. The van der Waals surface area contributed by atoms with E-state index < -0.39 is 40.9 Å². The van der Waals surface area contributed by atoms with Gasteiger partial charge in [-0.15, -0.1) is 0 Å². The van der Waals surface area contributed by atoms with Crippen LogP contribution in [0, 0.1) is 28.6 Å². The summed E-state index contributed by atoms with van der Waals surface area (Å²) in [4.78, 5) is 32.9. The SMILES string of the molecule is CC1=CC23C(=O)[C@@H](C=C4COC(C)(C)O[C@H]4[C@]2(O)[C@H]1OC(=O)c1cncn1-c1ccccc1)C(C)(C)[C@@H](C)CC3C. The lowest BCUT2D eigenvalue weighted by atomic mass is 9.59. The zero-order chi connectivity index (χ0) is 29.5. The molecule has 3 aliphatic carbocycles. The van der Waals surface area contributed by atoms with Crippen LogP contribution >= 0.6 is 0 Å². The second-order valence-corrected chi connectivity index (χ2v) is 13.5. The fourth-order valence-electron chi connectivity index (χ4n) is 7.77. The van der Waals surface area contributed by atoms with E-state index in [1.54, 1.807) is 24.7 Å². The minimum absolute atomic E-state index is 0.0580. The van der Waals surface area contributed by atoms with Gasteiger partial charge in [0.25, 0.3) is 0 Å². The van der Waals surface area contributed by atoms with Crippen LogP contribution in [0.1, 0.15) is 65.4 Å². The number of hydrogen-bond acceptors (Lipinski definition) is 7. The van der Waals surface area contributed by atoms with Gasteiger partial charge < -0.3 is 19.3 Å². The maximum Gasteiger partial charge on any atom is 0.357 e. The van der Waals surface area contributed by atoms with Crippen molar-refractivity contribution in [3.05, 3.63) is 71.8 Å². The van der Waals surface area contributed by atoms with Crippen molar-refractivity contribution in [2.75, 3.05) is 6.61 Å². The van der Waals surface area contributed by atoms with Gasteiger partial charge in [0.2, 0.25) is 0 Å². The summed E-state index contributed by atoms with van der Waals surface area (Å²) in [6.07, 6.45) is 5.54. The first kappa shape index (κ1) is 28.1. The monoisotopic (exact) mass is 560 g/mol. The molecular formula is C33H40N2O6. The fraction of sp³-hybridized carbons (Fsp3) is 0.545. The summed E-state index contributed by atoms with van der Waals surface area (Å²) in [7, 11) is 0. The third kappa shape index (κ3) is 3.87. The third-order valence-electron chi connectivity index (χ3n) is 10.4. The Morgan fingerprint density at radius 3 is 2.54 bits per heavy atom. The molecule has 2 fully saturated rings. The number of aromatic nitrogens is 2. The smallest absolute Gasteiger partial charge is 0.357 e. The molecule has 1 N–H and O–H groups in total. The Morgan fingerprint density at radius 2 is 1.83 bits per heavy atom. The van der Waals surface area contributed by atoms with Gasteiger partial charge in [-0.3, -0.25) is 9.36 Å². The van der Waals surface area contributed by atoms with E-state index in [0.29, 0.717) is 11.1 Å². The topological polar surface area (TPSA) is 99.9 Å². The van der Waals surface area contributed by atoms with E-state index in [4.69, 9.17) is 14.2 Å². The molecule has 2 heterocycles. The molecular weight excluding hydrogens is 520 g/mol. The van der Waals surface area contributed by atoms with E-state index in [2.05, 4.69) is 25.8 Å². The highest BCUT2D eigenvalue weighted by Gasteiger charge is 2.74. The highest BCUT2D eigenvalue weighted by Crippen LogP contribution is 2.63. The number of carbonyl (C=O) groups excluding carboxylic acids is 2. The van der Waals surface area contributed by atoms with Crippen LogP contribution < -0.4 is 0 Å². The predicted octanol–water partition coefficient (Wildman–Crippen LogP) is 5.05. The molecule has 1 aliphatic heterocycles. The number of imidazole rings is 1. The molecule has 8 nitrogen and oxygen atoms in total. The summed E-state index contributed by atoms with van der Waals surface area (Å²) in [5.74, 6) is -2.23. The van der Waals surface area contributed by atoms with Crippen LogP contribution in [0.25, 0.3) is 5.69 Å². The quantitative estimate of drug-likeness (QED) is 0.414. The third-order valence-corrected chi connectivity index (χ3v) is 10.4. The molecule has 1 aromatic heterocycles. The molecule has 1 saturated carbocycles. The Balaban J connectivity index is 1.50. The lowest BCUT2D eigenvalue weighted by molar-refractivity contribution is -0.302. The molecule has 1 spiro atoms. The average molecular weight is 561 g/mol. The van der Waals surface area contributed by atoms with E-state index in [-0.39, 0.29) is 35.3 Å². The Hall–Kier alpha value is -3.07. The lowest BCUT2D eigenvalue weighted by Crippen LogP contribution is -2.68. The van der Waals surface area contributed by atoms with Crippen molar-refractivity contribution in [3.8, 4) is 5.69 Å².